The van der Waals surface area contributed by atoms with Gasteiger partial charge in [0.05, 0.1) is 7.11 Å². The fraction of sp³-hybridized carbons (Fsp3) is 0.143. The Morgan fingerprint density at radius 1 is 1.73 bits per heavy atom. The zero-order valence-electron chi connectivity index (χ0n) is 5.98. The third-order valence-electron chi connectivity index (χ3n) is 1.15. The summed E-state index contributed by atoms with van der Waals surface area (Å²) in [6.45, 7) is 0. The summed E-state index contributed by atoms with van der Waals surface area (Å²) >= 11 is 0. The van der Waals surface area contributed by atoms with Crippen molar-refractivity contribution in [3.63, 3.8) is 0 Å². The Balaban J connectivity index is 3.00. The molecule has 55 valence electrons. The Morgan fingerprint density at radius 2 is 2.55 bits per heavy atom. The minimum Gasteiger partial charge on any atom is -0.497 e. The Bertz CT molecular complexity index is 291. The molecule has 0 aliphatic carbocycles. The highest BCUT2D eigenvalue weighted by molar-refractivity contribution is 5.41. The van der Waals surface area contributed by atoms with Crippen LogP contribution in [0.3, 0.4) is 0 Å². The minimum absolute atomic E-state index is 0.437. The lowest BCUT2D eigenvalue weighted by Crippen LogP contribution is -1.79. The summed E-state index contributed by atoms with van der Waals surface area (Å²) in [6, 6.07) is 7.73. The second-order valence-electron chi connectivity index (χ2n) is 1.80. The maximum atomic E-state index is 8.08. The van der Waals surface area contributed by atoms with E-state index in [4.69, 9.17) is 10.3 Å². The summed E-state index contributed by atoms with van der Waals surface area (Å²) in [6.07, 6.45) is 0. The van der Waals surface area contributed by atoms with Crippen molar-refractivity contribution in [3.05, 3.63) is 34.7 Å². The SMILES string of the molecule is COc1cc[c]c(N=[N+]=[N-])c1. The van der Waals surface area contributed by atoms with E-state index in [0.29, 0.717) is 11.4 Å². The Kier molecular flexibility index (Phi) is 2.36. The van der Waals surface area contributed by atoms with Crippen molar-refractivity contribution in [2.45, 2.75) is 0 Å². The fourth-order valence-corrected chi connectivity index (χ4v) is 0.667. The Morgan fingerprint density at radius 3 is 3.18 bits per heavy atom. The predicted octanol–water partition coefficient (Wildman–Crippen LogP) is 2.44. The van der Waals surface area contributed by atoms with Gasteiger partial charge in [-0.2, -0.15) is 0 Å². The van der Waals surface area contributed by atoms with Crippen LogP contribution in [0.5, 0.6) is 5.75 Å². The lowest BCUT2D eigenvalue weighted by Gasteiger charge is -1.97. The minimum atomic E-state index is 0.437. The number of benzene rings is 1. The number of ether oxygens (including phenoxy) is 1. The number of nitrogens with zero attached hydrogens (tertiary/aromatic N) is 3. The number of methoxy groups -OCH3 is 1. The first-order valence-electron chi connectivity index (χ1n) is 2.97. The Labute approximate surface area is 64.0 Å². The van der Waals surface area contributed by atoms with Crippen LogP contribution in [0, 0.1) is 6.07 Å². The summed E-state index contributed by atoms with van der Waals surface area (Å²) in [5.74, 6) is 0.658. The van der Waals surface area contributed by atoms with E-state index in [0.717, 1.165) is 0 Å². The van der Waals surface area contributed by atoms with E-state index in [1.807, 2.05) is 0 Å². The van der Waals surface area contributed by atoms with Crippen molar-refractivity contribution >= 4 is 5.69 Å². The van der Waals surface area contributed by atoms with Crippen LogP contribution in [0.15, 0.2) is 23.3 Å². The molecule has 4 nitrogen and oxygen atoms in total. The van der Waals surface area contributed by atoms with Gasteiger partial charge in [0.15, 0.2) is 0 Å². The molecule has 0 spiro atoms. The third kappa shape index (κ3) is 1.88. The molecule has 0 heterocycles. The quantitative estimate of drug-likeness (QED) is 0.361. The van der Waals surface area contributed by atoms with Gasteiger partial charge in [0, 0.05) is 10.6 Å². The summed E-state index contributed by atoms with van der Waals surface area (Å²) in [7, 11) is 1.55. The molecule has 1 radical (unpaired) electrons. The summed E-state index contributed by atoms with van der Waals surface area (Å²) < 4.78 is 4.90. The van der Waals surface area contributed by atoms with E-state index in [9.17, 15) is 0 Å². The molecule has 0 aromatic heterocycles. The van der Waals surface area contributed by atoms with E-state index >= 15 is 0 Å². The monoisotopic (exact) mass is 148 g/mol. The average Bonchev–Trinajstić information content (AvgIpc) is 2.06. The van der Waals surface area contributed by atoms with Gasteiger partial charge in [0.25, 0.3) is 0 Å². The van der Waals surface area contributed by atoms with Gasteiger partial charge in [-0.3, -0.25) is 0 Å². The van der Waals surface area contributed by atoms with Gasteiger partial charge in [-0.25, -0.2) is 0 Å². The number of rotatable bonds is 2. The van der Waals surface area contributed by atoms with Crippen LogP contribution in [0.25, 0.3) is 10.4 Å². The summed E-state index contributed by atoms with van der Waals surface area (Å²) in [5, 5.41) is 3.36. The topological polar surface area (TPSA) is 58.0 Å². The first-order chi connectivity index (χ1) is 5.36. The van der Waals surface area contributed by atoms with E-state index in [2.05, 4.69) is 16.1 Å². The van der Waals surface area contributed by atoms with E-state index < -0.39 is 0 Å². The van der Waals surface area contributed by atoms with E-state index in [1.165, 1.54) is 0 Å². The molecule has 0 aliphatic rings. The molecule has 0 bridgehead atoms. The van der Waals surface area contributed by atoms with Gasteiger partial charge in [-0.1, -0.05) is 11.2 Å². The first kappa shape index (κ1) is 7.44. The molecule has 0 amide bonds. The molecular weight excluding hydrogens is 142 g/mol. The lowest BCUT2D eigenvalue weighted by atomic mass is 10.3. The highest BCUT2D eigenvalue weighted by Crippen LogP contribution is 2.18. The highest BCUT2D eigenvalue weighted by atomic mass is 16.5. The van der Waals surface area contributed by atoms with Gasteiger partial charge in [0.2, 0.25) is 0 Å². The van der Waals surface area contributed by atoms with Gasteiger partial charge in [-0.15, -0.1) is 0 Å². The normalized spacial score (nSPS) is 8.45. The first-order valence-corrected chi connectivity index (χ1v) is 2.97. The zero-order chi connectivity index (χ0) is 8.10. The molecule has 0 unspecified atom stereocenters. The van der Waals surface area contributed by atoms with Crippen molar-refractivity contribution in [2.75, 3.05) is 7.11 Å². The standard InChI is InChI=1S/C7H6N3O/c1-11-7-4-2-3-6(5-7)9-10-8/h2,4-5H,1H3. The summed E-state index contributed by atoms with van der Waals surface area (Å²) in [4.78, 5) is 2.62. The lowest BCUT2D eigenvalue weighted by molar-refractivity contribution is 0.415. The number of azide groups is 1. The van der Waals surface area contributed by atoms with Crippen molar-refractivity contribution < 1.29 is 4.74 Å². The largest absolute Gasteiger partial charge is 0.497 e. The second-order valence-corrected chi connectivity index (χ2v) is 1.80. The maximum Gasteiger partial charge on any atom is 0.119 e. The molecule has 1 aromatic carbocycles. The van der Waals surface area contributed by atoms with Crippen LogP contribution in [0.2, 0.25) is 0 Å². The molecule has 0 N–H and O–H groups in total. The van der Waals surface area contributed by atoms with Gasteiger partial charge < -0.3 is 4.74 Å². The molecule has 11 heavy (non-hydrogen) atoms. The van der Waals surface area contributed by atoms with Crippen molar-refractivity contribution in [1.82, 2.24) is 0 Å². The molecule has 0 fully saturated rings. The van der Waals surface area contributed by atoms with Crippen LogP contribution in [0.1, 0.15) is 0 Å². The molecule has 0 saturated heterocycles. The predicted molar refractivity (Wildman–Crippen MR) is 40.6 cm³/mol. The molecular formula is C7H6N3O. The smallest absolute Gasteiger partial charge is 0.119 e. The van der Waals surface area contributed by atoms with Crippen molar-refractivity contribution in [1.29, 1.82) is 0 Å². The van der Waals surface area contributed by atoms with Crippen molar-refractivity contribution in [2.24, 2.45) is 5.11 Å². The molecule has 0 aliphatic heterocycles. The second kappa shape index (κ2) is 3.49. The van der Waals surface area contributed by atoms with E-state index in [-0.39, 0.29) is 0 Å². The molecule has 4 heteroatoms. The summed E-state index contributed by atoms with van der Waals surface area (Å²) in [5.41, 5.74) is 8.52. The van der Waals surface area contributed by atoms with Crippen LogP contribution >= 0.6 is 0 Å². The zero-order valence-corrected chi connectivity index (χ0v) is 5.98. The van der Waals surface area contributed by atoms with Crippen LogP contribution in [-0.2, 0) is 0 Å². The van der Waals surface area contributed by atoms with Gasteiger partial charge >= 0.3 is 0 Å². The molecule has 0 atom stereocenters. The average molecular weight is 148 g/mol. The maximum absolute atomic E-state index is 8.08. The van der Waals surface area contributed by atoms with Gasteiger partial charge in [0.1, 0.15) is 5.75 Å². The number of hydrogen-bond donors (Lipinski definition) is 0. The van der Waals surface area contributed by atoms with E-state index in [1.54, 1.807) is 25.3 Å². The van der Waals surface area contributed by atoms with Crippen LogP contribution in [0.4, 0.5) is 5.69 Å². The highest BCUT2D eigenvalue weighted by Gasteiger charge is 1.90. The molecule has 1 aromatic rings. The van der Waals surface area contributed by atoms with Crippen LogP contribution < -0.4 is 4.74 Å². The number of hydrogen-bond acceptors (Lipinski definition) is 2. The molecule has 1 rings (SSSR count). The van der Waals surface area contributed by atoms with Crippen LogP contribution in [-0.4, -0.2) is 7.11 Å². The van der Waals surface area contributed by atoms with Gasteiger partial charge in [-0.05, 0) is 23.7 Å². The molecule has 0 saturated carbocycles. The van der Waals surface area contributed by atoms with Crippen molar-refractivity contribution in [3.8, 4) is 5.75 Å². The third-order valence-corrected chi connectivity index (χ3v) is 1.15. The Hall–Kier alpha value is -1.67. The fourth-order valence-electron chi connectivity index (χ4n) is 0.667.